The highest BCUT2D eigenvalue weighted by atomic mass is 16.2. The Hall–Kier alpha value is -1.35. The predicted molar refractivity (Wildman–Crippen MR) is 76.0 cm³/mol. The maximum atomic E-state index is 12.0. The molecule has 0 aromatic heterocycles. The molecule has 1 aromatic carbocycles. The number of fused-ring (bicyclic) bond motifs is 1. The van der Waals surface area contributed by atoms with E-state index in [1.165, 1.54) is 17.5 Å². The SMILES string of the molecule is O=C(NC[C@@H]1CCc2ccccc2C1)[C@@H]1CCCN1. The van der Waals surface area contributed by atoms with Crippen LogP contribution in [0.3, 0.4) is 0 Å². The first kappa shape index (κ1) is 12.7. The summed E-state index contributed by atoms with van der Waals surface area (Å²) in [6.45, 7) is 1.81. The van der Waals surface area contributed by atoms with Crippen LogP contribution in [-0.4, -0.2) is 25.0 Å². The summed E-state index contributed by atoms with van der Waals surface area (Å²) in [5.74, 6) is 0.789. The highest BCUT2D eigenvalue weighted by Crippen LogP contribution is 2.24. The standard InChI is InChI=1S/C16H22N2O/c19-16(15-6-3-9-17-15)18-11-12-7-8-13-4-1-2-5-14(13)10-12/h1-2,4-5,12,15,17H,3,6-11H2,(H,18,19)/t12-,15+/m1/s1. The van der Waals surface area contributed by atoms with E-state index in [2.05, 4.69) is 34.9 Å². The van der Waals surface area contributed by atoms with Crippen LogP contribution in [0.2, 0.25) is 0 Å². The first-order chi connectivity index (χ1) is 9.33. The lowest BCUT2D eigenvalue weighted by Crippen LogP contribution is -2.42. The van der Waals surface area contributed by atoms with E-state index in [1.807, 2.05) is 0 Å². The van der Waals surface area contributed by atoms with Crippen molar-refractivity contribution >= 4 is 5.91 Å². The van der Waals surface area contributed by atoms with E-state index in [4.69, 9.17) is 0 Å². The fourth-order valence-corrected chi connectivity index (χ4v) is 3.22. The number of carbonyl (C=O) groups is 1. The number of hydrogen-bond donors (Lipinski definition) is 2. The second-order valence-corrected chi connectivity index (χ2v) is 5.77. The van der Waals surface area contributed by atoms with Crippen LogP contribution in [0.15, 0.2) is 24.3 Å². The molecule has 102 valence electrons. The quantitative estimate of drug-likeness (QED) is 0.865. The van der Waals surface area contributed by atoms with E-state index >= 15 is 0 Å². The third-order valence-corrected chi connectivity index (χ3v) is 4.39. The molecular formula is C16H22N2O. The van der Waals surface area contributed by atoms with E-state index in [9.17, 15) is 4.79 Å². The van der Waals surface area contributed by atoms with Gasteiger partial charge in [0.1, 0.15) is 0 Å². The van der Waals surface area contributed by atoms with Crippen LogP contribution in [0.1, 0.15) is 30.4 Å². The second kappa shape index (κ2) is 5.74. The van der Waals surface area contributed by atoms with Crippen molar-refractivity contribution in [3.63, 3.8) is 0 Å². The number of aryl methyl sites for hydroxylation is 1. The number of carbonyl (C=O) groups excluding carboxylic acids is 1. The molecule has 2 N–H and O–H groups in total. The summed E-state index contributed by atoms with van der Waals surface area (Å²) < 4.78 is 0. The number of benzene rings is 1. The Balaban J connectivity index is 1.50. The summed E-state index contributed by atoms with van der Waals surface area (Å²) in [5.41, 5.74) is 2.95. The van der Waals surface area contributed by atoms with Gasteiger partial charge < -0.3 is 10.6 Å². The van der Waals surface area contributed by atoms with E-state index < -0.39 is 0 Å². The van der Waals surface area contributed by atoms with Crippen LogP contribution in [0.5, 0.6) is 0 Å². The third-order valence-electron chi connectivity index (χ3n) is 4.39. The molecular weight excluding hydrogens is 236 g/mol. The number of hydrogen-bond acceptors (Lipinski definition) is 2. The van der Waals surface area contributed by atoms with E-state index in [0.717, 1.165) is 38.8 Å². The Morgan fingerprint density at radius 1 is 1.26 bits per heavy atom. The van der Waals surface area contributed by atoms with Gasteiger partial charge in [-0.05, 0) is 55.7 Å². The van der Waals surface area contributed by atoms with Gasteiger partial charge in [-0.1, -0.05) is 24.3 Å². The normalized spacial score (nSPS) is 25.9. The minimum Gasteiger partial charge on any atom is -0.354 e. The van der Waals surface area contributed by atoms with E-state index in [0.29, 0.717) is 5.92 Å². The first-order valence-corrected chi connectivity index (χ1v) is 7.41. The number of amides is 1. The Bertz CT molecular complexity index is 452. The molecule has 0 bridgehead atoms. The zero-order valence-corrected chi connectivity index (χ0v) is 11.3. The molecule has 0 saturated carbocycles. The summed E-state index contributed by atoms with van der Waals surface area (Å²) in [5, 5.41) is 6.37. The van der Waals surface area contributed by atoms with E-state index in [1.54, 1.807) is 0 Å². The maximum absolute atomic E-state index is 12.0. The number of nitrogens with one attached hydrogen (secondary N) is 2. The topological polar surface area (TPSA) is 41.1 Å². The fraction of sp³-hybridized carbons (Fsp3) is 0.562. The lowest BCUT2D eigenvalue weighted by atomic mass is 9.84. The molecule has 1 fully saturated rings. The molecule has 0 unspecified atom stereocenters. The highest BCUT2D eigenvalue weighted by molar-refractivity contribution is 5.81. The van der Waals surface area contributed by atoms with Gasteiger partial charge in [-0.25, -0.2) is 0 Å². The van der Waals surface area contributed by atoms with Gasteiger partial charge in [0, 0.05) is 6.54 Å². The molecule has 19 heavy (non-hydrogen) atoms. The molecule has 3 heteroatoms. The maximum Gasteiger partial charge on any atom is 0.237 e. The summed E-state index contributed by atoms with van der Waals surface area (Å²) in [4.78, 5) is 12.0. The summed E-state index contributed by atoms with van der Waals surface area (Å²) >= 11 is 0. The average molecular weight is 258 g/mol. The Morgan fingerprint density at radius 3 is 2.89 bits per heavy atom. The molecule has 1 heterocycles. The van der Waals surface area contributed by atoms with Crippen LogP contribution in [0, 0.1) is 5.92 Å². The smallest absolute Gasteiger partial charge is 0.237 e. The molecule has 2 aliphatic rings. The Morgan fingerprint density at radius 2 is 2.11 bits per heavy atom. The van der Waals surface area contributed by atoms with Gasteiger partial charge >= 0.3 is 0 Å². The molecule has 0 spiro atoms. The van der Waals surface area contributed by atoms with Crippen molar-refractivity contribution < 1.29 is 4.79 Å². The van der Waals surface area contributed by atoms with Gasteiger partial charge in [0.15, 0.2) is 0 Å². The van der Waals surface area contributed by atoms with Gasteiger partial charge in [-0.2, -0.15) is 0 Å². The monoisotopic (exact) mass is 258 g/mol. The van der Waals surface area contributed by atoms with Crippen molar-refractivity contribution in [3.05, 3.63) is 35.4 Å². The molecule has 2 atom stereocenters. The predicted octanol–water partition coefficient (Wildman–Crippen LogP) is 1.66. The third kappa shape index (κ3) is 2.98. The van der Waals surface area contributed by atoms with Gasteiger partial charge in [0.2, 0.25) is 5.91 Å². The van der Waals surface area contributed by atoms with Gasteiger partial charge in [-0.15, -0.1) is 0 Å². The Labute approximate surface area is 114 Å². The van der Waals surface area contributed by atoms with Crippen LogP contribution >= 0.6 is 0 Å². The highest BCUT2D eigenvalue weighted by Gasteiger charge is 2.23. The zero-order chi connectivity index (χ0) is 13.1. The zero-order valence-electron chi connectivity index (χ0n) is 11.3. The van der Waals surface area contributed by atoms with Crippen molar-refractivity contribution in [2.75, 3.05) is 13.1 Å². The number of rotatable bonds is 3. The van der Waals surface area contributed by atoms with Crippen molar-refractivity contribution in [1.29, 1.82) is 0 Å². The summed E-state index contributed by atoms with van der Waals surface area (Å²) in [6.07, 6.45) is 5.55. The van der Waals surface area contributed by atoms with Gasteiger partial charge in [-0.3, -0.25) is 4.79 Å². The molecule has 1 aromatic rings. The van der Waals surface area contributed by atoms with Crippen molar-refractivity contribution in [1.82, 2.24) is 10.6 Å². The van der Waals surface area contributed by atoms with E-state index in [-0.39, 0.29) is 11.9 Å². The second-order valence-electron chi connectivity index (χ2n) is 5.77. The molecule has 1 amide bonds. The van der Waals surface area contributed by atoms with Crippen LogP contribution in [0.4, 0.5) is 0 Å². The average Bonchev–Trinajstić information content (AvgIpc) is 2.99. The molecule has 0 radical (unpaired) electrons. The molecule has 3 rings (SSSR count). The van der Waals surface area contributed by atoms with Crippen molar-refractivity contribution in [2.45, 2.75) is 38.1 Å². The lowest BCUT2D eigenvalue weighted by molar-refractivity contribution is -0.123. The van der Waals surface area contributed by atoms with Gasteiger partial charge in [0.05, 0.1) is 6.04 Å². The van der Waals surface area contributed by atoms with Crippen molar-refractivity contribution in [3.8, 4) is 0 Å². The molecule has 3 nitrogen and oxygen atoms in total. The fourth-order valence-electron chi connectivity index (χ4n) is 3.22. The minimum atomic E-state index is 0.0517. The van der Waals surface area contributed by atoms with Crippen LogP contribution in [-0.2, 0) is 17.6 Å². The molecule has 1 saturated heterocycles. The lowest BCUT2D eigenvalue weighted by Gasteiger charge is -2.25. The largest absolute Gasteiger partial charge is 0.354 e. The Kier molecular flexibility index (Phi) is 3.83. The summed E-state index contributed by atoms with van der Waals surface area (Å²) in [6, 6.07) is 8.74. The van der Waals surface area contributed by atoms with Crippen LogP contribution in [0.25, 0.3) is 0 Å². The van der Waals surface area contributed by atoms with Gasteiger partial charge in [0.25, 0.3) is 0 Å². The summed E-state index contributed by atoms with van der Waals surface area (Å²) in [7, 11) is 0. The van der Waals surface area contributed by atoms with Crippen LogP contribution < -0.4 is 10.6 Å². The minimum absolute atomic E-state index is 0.0517. The van der Waals surface area contributed by atoms with Crippen molar-refractivity contribution in [2.24, 2.45) is 5.92 Å². The molecule has 1 aliphatic heterocycles. The first-order valence-electron chi connectivity index (χ1n) is 7.41. The molecule has 1 aliphatic carbocycles.